The summed E-state index contributed by atoms with van der Waals surface area (Å²) >= 11 is 0. The van der Waals surface area contributed by atoms with Crippen molar-refractivity contribution in [2.24, 2.45) is 50.7 Å². The third-order valence-electron chi connectivity index (χ3n) is 16.7. The van der Waals surface area contributed by atoms with E-state index in [2.05, 4.69) is 46.8 Å². The zero-order valence-electron chi connectivity index (χ0n) is 32.7. The fraction of sp³-hybridized carbons (Fsp3) is 0.814. The minimum absolute atomic E-state index is 0.0699. The number of morpholine rings is 1. The van der Waals surface area contributed by atoms with Gasteiger partial charge in [0.25, 0.3) is 5.91 Å². The Morgan fingerprint density at radius 2 is 1.73 bits per heavy atom. The molecule has 8 rings (SSSR count). The molecule has 0 bridgehead atoms. The van der Waals surface area contributed by atoms with E-state index in [-0.39, 0.29) is 57.0 Å². The molecule has 52 heavy (non-hydrogen) atoms. The molecule has 2 saturated heterocycles. The van der Waals surface area contributed by atoms with Gasteiger partial charge >= 0.3 is 5.97 Å². The smallest absolute Gasteiger partial charge is 0.303 e. The van der Waals surface area contributed by atoms with Crippen LogP contribution in [0.15, 0.2) is 30.3 Å². The van der Waals surface area contributed by atoms with Crippen LogP contribution < -0.4 is 0 Å². The molecule has 1 amide bonds. The lowest BCUT2D eigenvalue weighted by molar-refractivity contribution is -0.244. The molecule has 7 fully saturated rings. The van der Waals surface area contributed by atoms with Gasteiger partial charge in [0.05, 0.1) is 36.6 Å². The molecule has 0 radical (unpaired) electrons. The van der Waals surface area contributed by atoms with Gasteiger partial charge in [0, 0.05) is 25.4 Å². The molecular weight excluding hydrogens is 658 g/mol. The summed E-state index contributed by atoms with van der Waals surface area (Å²) in [4.78, 5) is 27.6. The van der Waals surface area contributed by atoms with Crippen LogP contribution in [0.3, 0.4) is 0 Å². The van der Waals surface area contributed by atoms with E-state index in [1.165, 1.54) is 19.8 Å². The van der Waals surface area contributed by atoms with Gasteiger partial charge in [-0.3, -0.25) is 9.59 Å². The molecule has 2 aliphatic heterocycles. The van der Waals surface area contributed by atoms with E-state index < -0.39 is 36.2 Å². The summed E-state index contributed by atoms with van der Waals surface area (Å²) in [5.74, 6) is 0.765. The van der Waals surface area contributed by atoms with Gasteiger partial charge in [-0.2, -0.15) is 0 Å². The van der Waals surface area contributed by atoms with E-state index in [4.69, 9.17) is 18.9 Å². The third-order valence-corrected chi connectivity index (χ3v) is 16.7. The highest BCUT2D eigenvalue weighted by Crippen LogP contribution is 2.89. The zero-order chi connectivity index (χ0) is 37.2. The van der Waals surface area contributed by atoms with E-state index in [9.17, 15) is 19.8 Å². The Kier molecular flexibility index (Phi) is 8.68. The molecular formula is C43H63NO8. The van der Waals surface area contributed by atoms with E-state index >= 15 is 0 Å². The van der Waals surface area contributed by atoms with E-state index in [1.807, 2.05) is 23.1 Å². The summed E-state index contributed by atoms with van der Waals surface area (Å²) in [6.45, 7) is 18.2. The van der Waals surface area contributed by atoms with Crippen molar-refractivity contribution < 1.29 is 38.7 Å². The number of ether oxygens (including phenoxy) is 4. The molecule has 0 aromatic heterocycles. The summed E-state index contributed by atoms with van der Waals surface area (Å²) in [6, 6.07) is 10.1. The molecule has 9 heteroatoms. The Morgan fingerprint density at radius 1 is 1.04 bits per heavy atom. The van der Waals surface area contributed by atoms with Gasteiger partial charge in [0.15, 0.2) is 6.10 Å². The average molecular weight is 722 g/mol. The second kappa shape index (κ2) is 12.2. The molecule has 2 N–H and O–H groups in total. The second-order valence-electron chi connectivity index (χ2n) is 19.8. The van der Waals surface area contributed by atoms with Gasteiger partial charge < -0.3 is 34.1 Å². The predicted molar refractivity (Wildman–Crippen MR) is 194 cm³/mol. The number of benzene rings is 1. The highest BCUT2D eigenvalue weighted by molar-refractivity contribution is 5.80. The Labute approximate surface area is 310 Å². The molecule has 2 heterocycles. The summed E-state index contributed by atoms with van der Waals surface area (Å²) in [6.07, 6.45) is 4.99. The molecule has 2 spiro atoms. The fourth-order valence-corrected chi connectivity index (χ4v) is 14.4. The highest BCUT2D eigenvalue weighted by Gasteiger charge is 2.84. The Bertz CT molecular complexity index is 1560. The van der Waals surface area contributed by atoms with Crippen LogP contribution in [0.2, 0.25) is 0 Å². The van der Waals surface area contributed by atoms with Crippen LogP contribution in [-0.2, 0) is 35.1 Å². The first kappa shape index (κ1) is 36.9. The summed E-state index contributed by atoms with van der Waals surface area (Å²) in [7, 11) is 0. The lowest BCUT2D eigenvalue weighted by Gasteiger charge is -2.63. The molecule has 9 nitrogen and oxygen atoms in total. The average Bonchev–Trinajstić information content (AvgIpc) is 3.71. The SMILES string of the molecule is CC(=O)O[C@@H](C1CC(C)C2C(O1)[C@H](O)[C@@]1(C)[C@@H]3CC[C@H]4C(C)(C)C(OC5OCCN(Cc6ccccc6)C5=O)CC[C@@]45CC35CC[C@]21C)C(C)(C)O. The Balaban J connectivity index is 1.01. The van der Waals surface area contributed by atoms with Gasteiger partial charge in [0.1, 0.15) is 0 Å². The molecule has 1 aromatic rings. The fourth-order valence-electron chi connectivity index (χ4n) is 14.4. The van der Waals surface area contributed by atoms with Crippen LogP contribution in [0.1, 0.15) is 112 Å². The van der Waals surface area contributed by atoms with Crippen molar-refractivity contribution in [2.75, 3.05) is 13.2 Å². The van der Waals surface area contributed by atoms with E-state index in [1.54, 1.807) is 13.8 Å². The molecule has 5 saturated carbocycles. The number of carbonyl (C=O) groups excluding carboxylic acids is 2. The minimum Gasteiger partial charge on any atom is -0.457 e. The number of esters is 1. The number of aliphatic hydroxyl groups excluding tert-OH is 1. The van der Waals surface area contributed by atoms with Gasteiger partial charge in [-0.1, -0.05) is 65.0 Å². The van der Waals surface area contributed by atoms with Crippen LogP contribution in [0.25, 0.3) is 0 Å². The summed E-state index contributed by atoms with van der Waals surface area (Å²) < 4.78 is 25.3. The Hall–Kier alpha value is -2.04. The van der Waals surface area contributed by atoms with Crippen molar-refractivity contribution in [3.8, 4) is 0 Å². The molecule has 288 valence electrons. The normalized spacial score (nSPS) is 46.9. The number of hydrogen-bond donors (Lipinski definition) is 2. The number of hydrogen-bond acceptors (Lipinski definition) is 8. The number of fused-ring (bicyclic) bond motifs is 4. The number of carbonyl (C=O) groups is 2. The van der Waals surface area contributed by atoms with Crippen molar-refractivity contribution in [3.05, 3.63) is 35.9 Å². The zero-order valence-corrected chi connectivity index (χ0v) is 32.7. The van der Waals surface area contributed by atoms with Gasteiger partial charge in [-0.05, 0) is 116 Å². The van der Waals surface area contributed by atoms with Crippen molar-refractivity contribution in [1.29, 1.82) is 0 Å². The van der Waals surface area contributed by atoms with Gasteiger partial charge in [0.2, 0.25) is 6.29 Å². The first-order chi connectivity index (χ1) is 24.4. The second-order valence-corrected chi connectivity index (χ2v) is 19.8. The van der Waals surface area contributed by atoms with Gasteiger partial charge in [-0.25, -0.2) is 0 Å². The van der Waals surface area contributed by atoms with E-state index in [0.29, 0.717) is 38.0 Å². The van der Waals surface area contributed by atoms with Crippen molar-refractivity contribution in [3.63, 3.8) is 0 Å². The summed E-state index contributed by atoms with van der Waals surface area (Å²) in [5, 5.41) is 23.7. The topological polar surface area (TPSA) is 115 Å². The van der Waals surface area contributed by atoms with Crippen molar-refractivity contribution in [1.82, 2.24) is 4.90 Å². The highest BCUT2D eigenvalue weighted by atomic mass is 16.7. The van der Waals surface area contributed by atoms with Crippen molar-refractivity contribution in [2.45, 2.75) is 156 Å². The third kappa shape index (κ3) is 5.10. The predicted octanol–water partition coefficient (Wildman–Crippen LogP) is 6.27. The van der Waals surface area contributed by atoms with Crippen LogP contribution >= 0.6 is 0 Å². The van der Waals surface area contributed by atoms with Crippen LogP contribution in [0, 0.1) is 50.7 Å². The lowest BCUT2D eigenvalue weighted by atomic mass is 9.41. The maximum absolute atomic E-state index is 13.6. The molecule has 14 atom stereocenters. The standard InChI is InChI=1S/C43H63NO8/c1-25-22-28(35(39(5,6)48)50-26(2)45)51-33-32(25)40(7)18-19-43-24-42(43)17-16-31(38(3,4)29(42)14-15-30(43)41(40,8)34(33)46)52-37-36(47)44(20-21-49-37)23-27-12-10-9-11-13-27/h9-13,25,28-35,37,46,48H,14-24H2,1-8H3/t25?,28?,29-,30-,31?,32?,33?,34-,35-,37?,40+,41+,42+,43?/m0/s1. The number of aliphatic hydroxyl groups is 2. The van der Waals surface area contributed by atoms with Crippen LogP contribution in [0.4, 0.5) is 0 Å². The maximum Gasteiger partial charge on any atom is 0.303 e. The molecule has 1 aromatic carbocycles. The van der Waals surface area contributed by atoms with E-state index in [0.717, 1.165) is 37.7 Å². The minimum atomic E-state index is -1.27. The first-order valence-corrected chi connectivity index (χ1v) is 20.2. The molecule has 5 aliphatic carbocycles. The lowest BCUT2D eigenvalue weighted by Crippen LogP contribution is -2.60. The van der Waals surface area contributed by atoms with Crippen LogP contribution in [-0.4, -0.2) is 82.6 Å². The monoisotopic (exact) mass is 721 g/mol. The largest absolute Gasteiger partial charge is 0.457 e. The number of rotatable bonds is 7. The first-order valence-electron chi connectivity index (χ1n) is 20.2. The van der Waals surface area contributed by atoms with Crippen LogP contribution in [0.5, 0.6) is 0 Å². The maximum atomic E-state index is 13.6. The quantitative estimate of drug-likeness (QED) is 0.317. The van der Waals surface area contributed by atoms with Gasteiger partial charge in [-0.15, -0.1) is 0 Å². The Morgan fingerprint density at radius 3 is 2.42 bits per heavy atom. The number of nitrogens with zero attached hydrogens (tertiary/aromatic N) is 1. The summed E-state index contributed by atoms with van der Waals surface area (Å²) in [5.41, 5.74) is -0.327. The molecule has 7 aliphatic rings. The molecule has 7 unspecified atom stereocenters. The number of amides is 1. The van der Waals surface area contributed by atoms with Crippen molar-refractivity contribution >= 4 is 11.9 Å².